The number of halogens is 1. The van der Waals surface area contributed by atoms with Gasteiger partial charge in [0.2, 0.25) is 15.9 Å². The highest BCUT2D eigenvalue weighted by atomic mass is 79.9. The molecular weight excluding hydrogens is 428 g/mol. The lowest BCUT2D eigenvalue weighted by Gasteiger charge is -2.23. The Morgan fingerprint density at radius 1 is 1.19 bits per heavy atom. The summed E-state index contributed by atoms with van der Waals surface area (Å²) in [5.41, 5.74) is 2.64. The average Bonchev–Trinajstić information content (AvgIpc) is 3.08. The van der Waals surface area contributed by atoms with Crippen molar-refractivity contribution in [2.45, 2.75) is 38.1 Å². The molecule has 2 aromatic rings. The second kappa shape index (κ2) is 8.12. The van der Waals surface area contributed by atoms with E-state index in [1.165, 1.54) is 4.31 Å². The number of hydrogen-bond donors (Lipinski definition) is 0. The van der Waals surface area contributed by atoms with Gasteiger partial charge < -0.3 is 4.90 Å². The van der Waals surface area contributed by atoms with Gasteiger partial charge >= 0.3 is 0 Å². The van der Waals surface area contributed by atoms with Gasteiger partial charge in [0.15, 0.2) is 0 Å². The molecule has 1 aliphatic rings. The topological polar surface area (TPSA) is 57.7 Å². The number of amides is 1. The molecule has 0 radical (unpaired) electrons. The molecule has 1 heterocycles. The minimum absolute atomic E-state index is 0.0102. The van der Waals surface area contributed by atoms with Crippen LogP contribution in [0.5, 0.6) is 0 Å². The van der Waals surface area contributed by atoms with E-state index in [-0.39, 0.29) is 10.8 Å². The Morgan fingerprint density at radius 2 is 1.89 bits per heavy atom. The van der Waals surface area contributed by atoms with Crippen molar-refractivity contribution in [2.24, 2.45) is 0 Å². The van der Waals surface area contributed by atoms with Gasteiger partial charge in [0.05, 0.1) is 4.90 Å². The minimum Gasteiger partial charge on any atom is -0.312 e. The molecule has 0 atom stereocenters. The van der Waals surface area contributed by atoms with Crippen LogP contribution in [0.15, 0.2) is 51.8 Å². The van der Waals surface area contributed by atoms with Crippen molar-refractivity contribution in [3.63, 3.8) is 0 Å². The Kier molecular flexibility index (Phi) is 6.03. The fourth-order valence-corrected chi connectivity index (χ4v) is 5.84. The predicted octanol–water partition coefficient (Wildman–Crippen LogP) is 3.96. The van der Waals surface area contributed by atoms with Crippen LogP contribution in [0, 0.1) is 0 Å². The van der Waals surface area contributed by atoms with Crippen molar-refractivity contribution in [3.05, 3.63) is 58.1 Å². The smallest absolute Gasteiger partial charge is 0.244 e. The van der Waals surface area contributed by atoms with Gasteiger partial charge in [-0.25, -0.2) is 8.42 Å². The zero-order valence-electron chi connectivity index (χ0n) is 15.5. The number of nitrogens with zero attached hydrogens (tertiary/aromatic N) is 2. The normalized spacial score (nSPS) is 13.9. The molecule has 7 heteroatoms. The van der Waals surface area contributed by atoms with E-state index < -0.39 is 10.0 Å². The molecule has 0 fully saturated rings. The molecule has 5 nitrogen and oxygen atoms in total. The molecule has 0 N–H and O–H groups in total. The Balaban J connectivity index is 2.00. The third kappa shape index (κ3) is 3.95. The number of anilines is 1. The molecule has 0 aromatic heterocycles. The first kappa shape index (κ1) is 20.0. The van der Waals surface area contributed by atoms with Crippen LogP contribution in [0.1, 0.15) is 31.4 Å². The first-order valence-corrected chi connectivity index (χ1v) is 11.3. The van der Waals surface area contributed by atoms with Crippen LogP contribution in [0.2, 0.25) is 0 Å². The molecule has 1 amide bonds. The van der Waals surface area contributed by atoms with Crippen LogP contribution >= 0.6 is 15.9 Å². The third-order valence-electron chi connectivity index (χ3n) is 4.80. The molecule has 27 heavy (non-hydrogen) atoms. The van der Waals surface area contributed by atoms with Gasteiger partial charge in [-0.1, -0.05) is 44.2 Å². The molecule has 0 spiro atoms. The van der Waals surface area contributed by atoms with Crippen LogP contribution in [0.25, 0.3) is 0 Å². The quantitative estimate of drug-likeness (QED) is 0.668. The molecule has 0 saturated carbocycles. The summed E-state index contributed by atoms with van der Waals surface area (Å²) in [6, 6.07) is 13.0. The van der Waals surface area contributed by atoms with Crippen LogP contribution < -0.4 is 4.90 Å². The largest absolute Gasteiger partial charge is 0.312 e. The van der Waals surface area contributed by atoms with Gasteiger partial charge in [0.1, 0.15) is 0 Å². The zero-order chi connectivity index (χ0) is 19.6. The number of hydrogen-bond acceptors (Lipinski definition) is 3. The maximum absolute atomic E-state index is 13.3. The maximum Gasteiger partial charge on any atom is 0.244 e. The summed E-state index contributed by atoms with van der Waals surface area (Å²) in [5, 5.41) is 0. The van der Waals surface area contributed by atoms with E-state index in [2.05, 4.69) is 15.9 Å². The lowest BCUT2D eigenvalue weighted by Crippen LogP contribution is -2.31. The van der Waals surface area contributed by atoms with Crippen molar-refractivity contribution in [1.29, 1.82) is 0 Å². The van der Waals surface area contributed by atoms with Crippen LogP contribution in [-0.2, 0) is 27.8 Å². The fourth-order valence-electron chi connectivity index (χ4n) is 3.33. The second-order valence-corrected chi connectivity index (χ2v) is 9.24. The van der Waals surface area contributed by atoms with Gasteiger partial charge in [-0.15, -0.1) is 0 Å². The summed E-state index contributed by atoms with van der Waals surface area (Å²) in [6.45, 7) is 4.91. The Hall–Kier alpha value is -1.70. The molecule has 2 aromatic carbocycles. The number of benzene rings is 2. The highest BCUT2D eigenvalue weighted by molar-refractivity contribution is 9.10. The van der Waals surface area contributed by atoms with Crippen LogP contribution in [-0.4, -0.2) is 31.7 Å². The number of fused-ring (bicyclic) bond motifs is 1. The molecule has 3 rings (SSSR count). The summed E-state index contributed by atoms with van der Waals surface area (Å²) < 4.78 is 28.6. The van der Waals surface area contributed by atoms with Gasteiger partial charge in [-0.2, -0.15) is 4.31 Å². The Labute approximate surface area is 169 Å². The Bertz CT molecular complexity index is 945. The molecule has 0 aliphatic carbocycles. The number of carbonyl (C=O) groups is 1. The van der Waals surface area contributed by atoms with Crippen LogP contribution in [0.3, 0.4) is 0 Å². The van der Waals surface area contributed by atoms with Crippen molar-refractivity contribution >= 4 is 37.5 Å². The molecule has 144 valence electrons. The monoisotopic (exact) mass is 450 g/mol. The van der Waals surface area contributed by atoms with Crippen molar-refractivity contribution in [2.75, 3.05) is 18.0 Å². The second-order valence-electron chi connectivity index (χ2n) is 6.48. The SMILES string of the molecule is CCC(=O)N1CCc2cc(Br)c(S(=O)(=O)N(CC)Cc3ccccc3)cc21. The van der Waals surface area contributed by atoms with Gasteiger partial charge in [-0.3, -0.25) is 4.79 Å². The summed E-state index contributed by atoms with van der Waals surface area (Å²) >= 11 is 3.43. The highest BCUT2D eigenvalue weighted by Crippen LogP contribution is 2.37. The zero-order valence-corrected chi connectivity index (χ0v) is 17.9. The van der Waals surface area contributed by atoms with Crippen LogP contribution in [0.4, 0.5) is 5.69 Å². The molecule has 0 unspecified atom stereocenters. The summed E-state index contributed by atoms with van der Waals surface area (Å²) in [6.07, 6.45) is 1.13. The van der Waals surface area contributed by atoms with E-state index in [9.17, 15) is 13.2 Å². The van der Waals surface area contributed by atoms with E-state index in [0.717, 1.165) is 17.5 Å². The number of carbonyl (C=O) groups excluding carboxylic acids is 1. The standard InChI is InChI=1S/C20H23BrN2O3S/c1-3-20(24)23-11-10-16-12-17(21)19(13-18(16)23)27(25,26)22(4-2)14-15-8-6-5-7-9-15/h5-9,12-13H,3-4,10-11,14H2,1-2H3. The van der Waals surface area contributed by atoms with E-state index >= 15 is 0 Å². The van der Waals surface area contributed by atoms with Gasteiger partial charge in [0.25, 0.3) is 0 Å². The predicted molar refractivity (Wildman–Crippen MR) is 110 cm³/mol. The third-order valence-corrected chi connectivity index (χ3v) is 7.68. The average molecular weight is 451 g/mol. The lowest BCUT2D eigenvalue weighted by atomic mass is 10.2. The van der Waals surface area contributed by atoms with E-state index in [4.69, 9.17) is 0 Å². The summed E-state index contributed by atoms with van der Waals surface area (Å²) in [4.78, 5) is 14.1. The Morgan fingerprint density at radius 3 is 2.52 bits per heavy atom. The molecule has 0 bridgehead atoms. The summed E-state index contributed by atoms with van der Waals surface area (Å²) in [5.74, 6) is 0.0102. The molecular formula is C20H23BrN2O3S. The van der Waals surface area contributed by atoms with Gasteiger partial charge in [-0.05, 0) is 45.6 Å². The van der Waals surface area contributed by atoms with E-state index in [1.807, 2.05) is 50.2 Å². The number of rotatable bonds is 6. The first-order chi connectivity index (χ1) is 12.9. The van der Waals surface area contributed by atoms with Gasteiger partial charge in [0, 0.05) is 36.2 Å². The van der Waals surface area contributed by atoms with E-state index in [1.54, 1.807) is 11.0 Å². The molecule has 0 saturated heterocycles. The van der Waals surface area contributed by atoms with Crippen molar-refractivity contribution < 1.29 is 13.2 Å². The van der Waals surface area contributed by atoms with E-state index in [0.29, 0.717) is 36.2 Å². The maximum atomic E-state index is 13.3. The first-order valence-electron chi connectivity index (χ1n) is 9.05. The highest BCUT2D eigenvalue weighted by Gasteiger charge is 2.31. The number of sulfonamides is 1. The van der Waals surface area contributed by atoms with Crippen molar-refractivity contribution in [1.82, 2.24) is 4.31 Å². The lowest BCUT2D eigenvalue weighted by molar-refractivity contribution is -0.118. The minimum atomic E-state index is -3.71. The van der Waals surface area contributed by atoms with Crippen molar-refractivity contribution in [3.8, 4) is 0 Å². The molecule has 1 aliphatic heterocycles. The summed E-state index contributed by atoms with van der Waals surface area (Å²) in [7, 11) is -3.71. The fraction of sp³-hybridized carbons (Fsp3) is 0.350.